The van der Waals surface area contributed by atoms with Crippen LogP contribution in [0.3, 0.4) is 0 Å². The predicted octanol–water partition coefficient (Wildman–Crippen LogP) is 1.53. The fourth-order valence-electron chi connectivity index (χ4n) is 1.64. The minimum absolute atomic E-state index is 0.0329. The number of hydrogen-bond donors (Lipinski definition) is 2. The summed E-state index contributed by atoms with van der Waals surface area (Å²) in [7, 11) is -3.34. The van der Waals surface area contributed by atoms with Crippen LogP contribution in [0.5, 0.6) is 0 Å². The van der Waals surface area contributed by atoms with Gasteiger partial charge in [0.25, 0.3) is 5.91 Å². The van der Waals surface area contributed by atoms with Gasteiger partial charge in [-0.3, -0.25) is 4.79 Å². The topological polar surface area (TPSA) is 88.2 Å². The van der Waals surface area contributed by atoms with E-state index >= 15 is 0 Å². The quantitative estimate of drug-likeness (QED) is 0.741. The van der Waals surface area contributed by atoms with Crippen LogP contribution in [0.2, 0.25) is 5.15 Å². The van der Waals surface area contributed by atoms with Crippen molar-refractivity contribution < 1.29 is 13.2 Å². The van der Waals surface area contributed by atoms with Gasteiger partial charge in [-0.05, 0) is 18.1 Å². The van der Waals surface area contributed by atoms with Crippen LogP contribution in [-0.4, -0.2) is 38.2 Å². The molecule has 1 aromatic heterocycles. The van der Waals surface area contributed by atoms with Gasteiger partial charge in [-0.1, -0.05) is 32.4 Å². The average Bonchev–Trinajstić information content (AvgIpc) is 2.37. The molecule has 0 fully saturated rings. The van der Waals surface area contributed by atoms with E-state index in [4.69, 9.17) is 11.6 Å². The fraction of sp³-hybridized carbons (Fsp3) is 0.538. The van der Waals surface area contributed by atoms with Gasteiger partial charge < -0.3 is 5.32 Å². The molecule has 21 heavy (non-hydrogen) atoms. The van der Waals surface area contributed by atoms with Crippen LogP contribution in [0.15, 0.2) is 12.1 Å². The number of nitrogens with one attached hydrogen (secondary N) is 2. The minimum Gasteiger partial charge on any atom is -0.351 e. The van der Waals surface area contributed by atoms with Crippen LogP contribution < -0.4 is 10.0 Å². The van der Waals surface area contributed by atoms with E-state index in [2.05, 4.69) is 15.0 Å². The summed E-state index contributed by atoms with van der Waals surface area (Å²) in [5.41, 5.74) is 1.09. The Kier molecular flexibility index (Phi) is 6.57. The smallest absolute Gasteiger partial charge is 0.251 e. The first kappa shape index (κ1) is 17.9. The lowest BCUT2D eigenvalue weighted by atomic mass is 10.1. The molecular weight excluding hydrogens is 314 g/mol. The third kappa shape index (κ3) is 5.99. The first-order chi connectivity index (χ1) is 9.75. The van der Waals surface area contributed by atoms with E-state index in [1.54, 1.807) is 13.0 Å². The highest BCUT2D eigenvalue weighted by Gasteiger charge is 2.13. The Morgan fingerprint density at radius 2 is 2.05 bits per heavy atom. The second-order valence-electron chi connectivity index (χ2n) is 4.83. The highest BCUT2D eigenvalue weighted by Crippen LogP contribution is 2.17. The molecule has 0 saturated carbocycles. The summed E-state index contributed by atoms with van der Waals surface area (Å²) in [5.74, 6) is -0.389. The molecule has 8 heteroatoms. The summed E-state index contributed by atoms with van der Waals surface area (Å²) >= 11 is 5.89. The molecule has 2 N–H and O–H groups in total. The molecule has 0 radical (unpaired) electrons. The molecule has 1 heterocycles. The maximum Gasteiger partial charge on any atom is 0.251 e. The fourth-order valence-corrected chi connectivity index (χ4v) is 2.81. The van der Waals surface area contributed by atoms with E-state index in [9.17, 15) is 13.2 Å². The maximum atomic E-state index is 12.0. The number of aromatic nitrogens is 1. The number of sulfonamides is 1. The molecule has 118 valence electrons. The lowest BCUT2D eigenvalue weighted by Gasteiger charge is -2.09. The minimum atomic E-state index is -3.34. The third-order valence-electron chi connectivity index (χ3n) is 2.69. The SMILES string of the molecule is CCNS(=O)(=O)CCNC(=O)c1cc(Cl)nc(C(C)C)c1. The van der Waals surface area contributed by atoms with Crippen molar-refractivity contribution in [2.75, 3.05) is 18.8 Å². The highest BCUT2D eigenvalue weighted by molar-refractivity contribution is 7.89. The van der Waals surface area contributed by atoms with E-state index in [0.29, 0.717) is 17.8 Å². The largest absolute Gasteiger partial charge is 0.351 e. The molecule has 0 atom stereocenters. The van der Waals surface area contributed by atoms with Crippen molar-refractivity contribution in [3.63, 3.8) is 0 Å². The summed E-state index contributed by atoms with van der Waals surface area (Å²) in [6.07, 6.45) is 0. The molecule has 0 unspecified atom stereocenters. The molecule has 1 amide bonds. The second kappa shape index (κ2) is 7.72. The number of hydrogen-bond acceptors (Lipinski definition) is 4. The van der Waals surface area contributed by atoms with Crippen LogP contribution in [0.1, 0.15) is 42.7 Å². The van der Waals surface area contributed by atoms with Crippen molar-refractivity contribution in [2.24, 2.45) is 0 Å². The van der Waals surface area contributed by atoms with Crippen LogP contribution >= 0.6 is 11.6 Å². The molecule has 0 spiro atoms. The van der Waals surface area contributed by atoms with Gasteiger partial charge in [-0.15, -0.1) is 0 Å². The number of pyridine rings is 1. The van der Waals surface area contributed by atoms with Gasteiger partial charge in [0, 0.05) is 24.3 Å². The molecule has 1 rings (SSSR count). The number of rotatable bonds is 7. The average molecular weight is 334 g/mol. The standard InChI is InChI=1S/C13H20ClN3O3S/c1-4-16-21(19,20)6-5-15-13(18)10-7-11(9(2)3)17-12(14)8-10/h7-9,16H,4-6H2,1-3H3,(H,15,18). The van der Waals surface area contributed by atoms with Crippen molar-refractivity contribution in [3.05, 3.63) is 28.5 Å². The van der Waals surface area contributed by atoms with Gasteiger partial charge in [0.1, 0.15) is 5.15 Å². The van der Waals surface area contributed by atoms with Crippen LogP contribution in [0, 0.1) is 0 Å². The Morgan fingerprint density at radius 3 is 2.62 bits per heavy atom. The molecule has 6 nitrogen and oxygen atoms in total. The lowest BCUT2D eigenvalue weighted by molar-refractivity contribution is 0.0956. The Labute approximate surface area is 130 Å². The molecule has 0 aromatic carbocycles. The number of nitrogens with zero attached hydrogens (tertiary/aromatic N) is 1. The Bertz CT molecular complexity index is 603. The molecule has 0 aliphatic heterocycles. The van der Waals surface area contributed by atoms with E-state index in [1.165, 1.54) is 6.07 Å². The number of halogens is 1. The van der Waals surface area contributed by atoms with Crippen molar-refractivity contribution >= 4 is 27.5 Å². The summed E-state index contributed by atoms with van der Waals surface area (Å²) in [6.45, 7) is 5.95. The monoisotopic (exact) mass is 333 g/mol. The van der Waals surface area contributed by atoms with Gasteiger partial charge in [0.05, 0.1) is 5.75 Å². The zero-order valence-electron chi connectivity index (χ0n) is 12.3. The first-order valence-electron chi connectivity index (χ1n) is 6.68. The van der Waals surface area contributed by atoms with Crippen molar-refractivity contribution in [2.45, 2.75) is 26.7 Å². The zero-order chi connectivity index (χ0) is 16.0. The van der Waals surface area contributed by atoms with Gasteiger partial charge in [-0.25, -0.2) is 18.1 Å². The molecule has 0 aliphatic rings. The van der Waals surface area contributed by atoms with Gasteiger partial charge in [-0.2, -0.15) is 0 Å². The van der Waals surface area contributed by atoms with E-state index in [0.717, 1.165) is 0 Å². The summed E-state index contributed by atoms with van der Waals surface area (Å²) in [6, 6.07) is 3.12. The highest BCUT2D eigenvalue weighted by atomic mass is 35.5. The first-order valence-corrected chi connectivity index (χ1v) is 8.71. The predicted molar refractivity (Wildman–Crippen MR) is 83.1 cm³/mol. The van der Waals surface area contributed by atoms with Gasteiger partial charge in [0.15, 0.2) is 0 Å². The summed E-state index contributed by atoms with van der Waals surface area (Å²) in [5, 5.41) is 2.80. The Hall–Kier alpha value is -1.18. The third-order valence-corrected chi connectivity index (χ3v) is 4.35. The number of amides is 1. The van der Waals surface area contributed by atoms with Crippen molar-refractivity contribution in [1.82, 2.24) is 15.0 Å². The Balaban J connectivity index is 2.68. The van der Waals surface area contributed by atoms with E-state index < -0.39 is 10.0 Å². The molecular formula is C13H20ClN3O3S. The molecule has 1 aromatic rings. The lowest BCUT2D eigenvalue weighted by Crippen LogP contribution is -2.34. The van der Waals surface area contributed by atoms with E-state index in [1.807, 2.05) is 13.8 Å². The van der Waals surface area contributed by atoms with Crippen molar-refractivity contribution in [1.29, 1.82) is 0 Å². The molecule has 0 saturated heterocycles. The van der Waals surface area contributed by atoms with Crippen LogP contribution in [-0.2, 0) is 10.0 Å². The van der Waals surface area contributed by atoms with E-state index in [-0.39, 0.29) is 29.3 Å². The molecule has 0 bridgehead atoms. The van der Waals surface area contributed by atoms with Crippen LogP contribution in [0.25, 0.3) is 0 Å². The van der Waals surface area contributed by atoms with Gasteiger partial charge in [0.2, 0.25) is 10.0 Å². The second-order valence-corrected chi connectivity index (χ2v) is 7.14. The summed E-state index contributed by atoms with van der Waals surface area (Å²) in [4.78, 5) is 16.1. The summed E-state index contributed by atoms with van der Waals surface area (Å²) < 4.78 is 25.3. The van der Waals surface area contributed by atoms with Crippen molar-refractivity contribution in [3.8, 4) is 0 Å². The normalized spacial score (nSPS) is 11.7. The zero-order valence-corrected chi connectivity index (χ0v) is 13.9. The van der Waals surface area contributed by atoms with Crippen LogP contribution in [0.4, 0.5) is 0 Å². The molecule has 0 aliphatic carbocycles. The Morgan fingerprint density at radius 1 is 1.38 bits per heavy atom. The number of carbonyl (C=O) groups is 1. The van der Waals surface area contributed by atoms with Gasteiger partial charge >= 0.3 is 0 Å². The maximum absolute atomic E-state index is 12.0. The number of carbonyl (C=O) groups excluding carboxylic acids is 1.